The predicted molar refractivity (Wildman–Crippen MR) is 106 cm³/mol. The summed E-state index contributed by atoms with van der Waals surface area (Å²) >= 11 is 0. The van der Waals surface area contributed by atoms with Crippen LogP contribution >= 0.6 is 0 Å². The average molecular weight is 408 g/mol. The third-order valence-electron chi connectivity index (χ3n) is 4.78. The fourth-order valence-corrected chi connectivity index (χ4v) is 4.43. The minimum absolute atomic E-state index is 0.0255. The molecule has 0 spiro atoms. The van der Waals surface area contributed by atoms with Crippen molar-refractivity contribution in [3.8, 4) is 0 Å². The van der Waals surface area contributed by atoms with E-state index in [2.05, 4.69) is 33.9 Å². The van der Waals surface area contributed by atoms with Crippen LogP contribution in [0.25, 0.3) is 0 Å². The molecule has 9 heteroatoms. The van der Waals surface area contributed by atoms with Gasteiger partial charge in [-0.3, -0.25) is 9.88 Å². The van der Waals surface area contributed by atoms with Gasteiger partial charge in [-0.05, 0) is 24.5 Å². The van der Waals surface area contributed by atoms with Gasteiger partial charge in [-0.1, -0.05) is 25.1 Å². The fraction of sp³-hybridized carbons (Fsp3) is 0.632. The summed E-state index contributed by atoms with van der Waals surface area (Å²) in [6, 6.07) is 4.03. The zero-order valence-corrected chi connectivity index (χ0v) is 17.8. The van der Waals surface area contributed by atoms with Gasteiger partial charge in [0.15, 0.2) is 5.82 Å². The summed E-state index contributed by atoms with van der Waals surface area (Å²) in [5.41, 5.74) is 2.13. The number of hydrogen-bond acceptors (Lipinski definition) is 7. The van der Waals surface area contributed by atoms with E-state index < -0.39 is 10.0 Å². The first kappa shape index (κ1) is 20.9. The van der Waals surface area contributed by atoms with Gasteiger partial charge in [-0.15, -0.1) is 0 Å². The quantitative estimate of drug-likeness (QED) is 0.624. The summed E-state index contributed by atoms with van der Waals surface area (Å²) in [5.74, 6) is 1.60. The molecule has 0 unspecified atom stereocenters. The van der Waals surface area contributed by atoms with E-state index in [9.17, 15) is 8.42 Å². The zero-order chi connectivity index (χ0) is 20.3. The van der Waals surface area contributed by atoms with Crippen molar-refractivity contribution in [3.05, 3.63) is 41.3 Å². The van der Waals surface area contributed by atoms with E-state index in [4.69, 9.17) is 4.52 Å². The molecule has 1 aliphatic heterocycles. The second kappa shape index (κ2) is 8.67. The Hall–Kier alpha value is -1.84. The summed E-state index contributed by atoms with van der Waals surface area (Å²) in [6.45, 7) is 8.68. The van der Waals surface area contributed by atoms with Gasteiger partial charge in [-0.2, -0.15) is 9.29 Å². The monoisotopic (exact) mass is 407 g/mol. The molecule has 0 saturated carbocycles. The van der Waals surface area contributed by atoms with Crippen molar-refractivity contribution in [1.29, 1.82) is 0 Å². The maximum atomic E-state index is 12.3. The number of aryl methyl sites for hydroxylation is 1. The Morgan fingerprint density at radius 2 is 2.07 bits per heavy atom. The highest BCUT2D eigenvalue weighted by molar-refractivity contribution is 7.88. The molecule has 0 radical (unpaired) electrons. The van der Waals surface area contributed by atoms with Gasteiger partial charge in [-0.25, -0.2) is 8.42 Å². The fourth-order valence-electron chi connectivity index (χ4n) is 3.33. The Bertz CT molecular complexity index is 873. The molecule has 0 amide bonds. The van der Waals surface area contributed by atoms with Crippen LogP contribution in [0.4, 0.5) is 0 Å². The third kappa shape index (κ3) is 5.59. The summed E-state index contributed by atoms with van der Waals surface area (Å²) in [5, 5.41) is 3.98. The molecule has 3 heterocycles. The van der Waals surface area contributed by atoms with Gasteiger partial charge in [0, 0.05) is 45.2 Å². The number of aromatic nitrogens is 3. The number of rotatable bonds is 9. The average Bonchev–Trinajstić information content (AvgIpc) is 2.99. The van der Waals surface area contributed by atoms with Crippen molar-refractivity contribution in [1.82, 2.24) is 24.3 Å². The molecule has 3 rings (SSSR count). The lowest BCUT2D eigenvalue weighted by atomic mass is 10.1. The van der Waals surface area contributed by atoms with Gasteiger partial charge in [0.2, 0.25) is 15.9 Å². The van der Waals surface area contributed by atoms with Crippen molar-refractivity contribution in [2.75, 3.05) is 25.9 Å². The summed E-state index contributed by atoms with van der Waals surface area (Å²) in [6.07, 6.45) is 4.30. The largest absolute Gasteiger partial charge is 0.339 e. The second-order valence-corrected chi connectivity index (χ2v) is 9.94. The van der Waals surface area contributed by atoms with E-state index in [0.717, 1.165) is 24.2 Å². The zero-order valence-electron chi connectivity index (χ0n) is 17.0. The van der Waals surface area contributed by atoms with Crippen LogP contribution in [0.2, 0.25) is 0 Å². The van der Waals surface area contributed by atoms with Crippen LogP contribution in [0.15, 0.2) is 22.9 Å². The SMILES string of the molecule is Cc1ccc(CN2CC(N(CCc3noc(CC(C)C)n3)S(C)(=O)=O)C2)nc1. The minimum Gasteiger partial charge on any atom is -0.339 e. The molecule has 28 heavy (non-hydrogen) atoms. The molecule has 8 nitrogen and oxygen atoms in total. The highest BCUT2D eigenvalue weighted by atomic mass is 32.2. The number of sulfonamides is 1. The number of likely N-dealkylation sites (tertiary alicyclic amines) is 1. The summed E-state index contributed by atoms with van der Waals surface area (Å²) in [4.78, 5) is 11.0. The van der Waals surface area contributed by atoms with Crippen LogP contribution in [0.3, 0.4) is 0 Å². The molecule has 0 atom stereocenters. The van der Waals surface area contributed by atoms with E-state index >= 15 is 0 Å². The van der Waals surface area contributed by atoms with Crippen molar-refractivity contribution < 1.29 is 12.9 Å². The lowest BCUT2D eigenvalue weighted by Crippen LogP contribution is -2.60. The van der Waals surface area contributed by atoms with Crippen molar-refractivity contribution >= 4 is 10.0 Å². The molecule has 154 valence electrons. The van der Waals surface area contributed by atoms with E-state index in [1.165, 1.54) is 6.26 Å². The van der Waals surface area contributed by atoms with Crippen LogP contribution in [0, 0.1) is 12.8 Å². The standard InChI is InChI=1S/C19H29N5O3S/c1-14(2)9-19-21-18(22-27-19)7-8-24(28(4,25)26)17-12-23(13-17)11-16-6-5-15(3)10-20-16/h5-6,10,14,17H,7-9,11-13H2,1-4H3. The summed E-state index contributed by atoms with van der Waals surface area (Å²) < 4.78 is 31.3. The summed E-state index contributed by atoms with van der Waals surface area (Å²) in [7, 11) is -3.30. The lowest BCUT2D eigenvalue weighted by Gasteiger charge is -2.44. The Morgan fingerprint density at radius 1 is 1.32 bits per heavy atom. The third-order valence-corrected chi connectivity index (χ3v) is 6.11. The van der Waals surface area contributed by atoms with E-state index in [1.807, 2.05) is 25.3 Å². The Balaban J connectivity index is 1.53. The first-order chi connectivity index (χ1) is 13.2. The maximum Gasteiger partial charge on any atom is 0.226 e. The Labute approximate surface area is 167 Å². The van der Waals surface area contributed by atoms with Crippen molar-refractivity contribution in [2.24, 2.45) is 5.92 Å². The first-order valence-electron chi connectivity index (χ1n) is 9.63. The Kier molecular flexibility index (Phi) is 6.47. The molecular formula is C19H29N5O3S. The molecule has 2 aromatic heterocycles. The highest BCUT2D eigenvalue weighted by Gasteiger charge is 2.36. The number of nitrogens with zero attached hydrogens (tertiary/aromatic N) is 5. The molecule has 1 saturated heterocycles. The molecule has 0 bridgehead atoms. The predicted octanol–water partition coefficient (Wildman–Crippen LogP) is 1.66. The van der Waals surface area contributed by atoms with Crippen LogP contribution in [0.5, 0.6) is 0 Å². The maximum absolute atomic E-state index is 12.3. The highest BCUT2D eigenvalue weighted by Crippen LogP contribution is 2.20. The molecule has 1 aliphatic rings. The van der Waals surface area contributed by atoms with E-state index in [0.29, 0.717) is 43.7 Å². The molecule has 2 aromatic rings. The normalized spacial score (nSPS) is 16.1. The molecule has 0 aromatic carbocycles. The smallest absolute Gasteiger partial charge is 0.226 e. The van der Waals surface area contributed by atoms with Crippen LogP contribution in [-0.2, 0) is 29.4 Å². The van der Waals surface area contributed by atoms with Crippen molar-refractivity contribution in [3.63, 3.8) is 0 Å². The molecule has 0 N–H and O–H groups in total. The minimum atomic E-state index is -3.30. The molecular weight excluding hydrogens is 378 g/mol. The van der Waals surface area contributed by atoms with Crippen LogP contribution in [0.1, 0.15) is 36.8 Å². The lowest BCUT2D eigenvalue weighted by molar-refractivity contribution is 0.0720. The number of hydrogen-bond donors (Lipinski definition) is 0. The number of pyridine rings is 1. The van der Waals surface area contributed by atoms with Gasteiger partial charge in [0.1, 0.15) is 0 Å². The topological polar surface area (TPSA) is 92.4 Å². The first-order valence-corrected chi connectivity index (χ1v) is 11.5. The second-order valence-electron chi connectivity index (χ2n) is 8.00. The van der Waals surface area contributed by atoms with Gasteiger partial charge in [0.05, 0.1) is 18.0 Å². The van der Waals surface area contributed by atoms with Crippen LogP contribution < -0.4 is 0 Å². The molecule has 1 fully saturated rings. The van der Waals surface area contributed by atoms with E-state index in [-0.39, 0.29) is 6.04 Å². The van der Waals surface area contributed by atoms with Gasteiger partial charge >= 0.3 is 0 Å². The van der Waals surface area contributed by atoms with Crippen LogP contribution in [-0.4, -0.2) is 64.7 Å². The van der Waals surface area contributed by atoms with Crippen molar-refractivity contribution in [2.45, 2.75) is 46.2 Å². The van der Waals surface area contributed by atoms with Gasteiger partial charge < -0.3 is 4.52 Å². The Morgan fingerprint density at radius 3 is 2.68 bits per heavy atom. The van der Waals surface area contributed by atoms with E-state index in [1.54, 1.807) is 4.31 Å². The van der Waals surface area contributed by atoms with Gasteiger partial charge in [0.25, 0.3) is 0 Å². The molecule has 0 aliphatic carbocycles.